The smallest absolute Gasteiger partial charge is 0.286 e. The zero-order valence-corrected chi connectivity index (χ0v) is 8.10. The molecule has 2 heterocycles. The van der Waals surface area contributed by atoms with Crippen LogP contribution in [0.2, 0.25) is 0 Å². The molecule has 0 bridgehead atoms. The Balaban J connectivity index is 2.29. The number of hydrogen-bond acceptors (Lipinski definition) is 4. The Hall–Kier alpha value is -1.43. The zero-order valence-electron chi connectivity index (χ0n) is 8.10. The summed E-state index contributed by atoms with van der Waals surface area (Å²) in [4.78, 5) is 13.2. The Morgan fingerprint density at radius 3 is 2.93 bits per heavy atom. The molecule has 2 N–H and O–H groups in total. The van der Waals surface area contributed by atoms with E-state index in [1.165, 1.54) is 0 Å². The van der Waals surface area contributed by atoms with Gasteiger partial charge in [0.15, 0.2) is 0 Å². The molecule has 0 saturated heterocycles. The summed E-state index contributed by atoms with van der Waals surface area (Å²) in [5.41, 5.74) is 5.17. The normalized spacial score (nSPS) is 16.6. The molecule has 1 aromatic rings. The van der Waals surface area contributed by atoms with Gasteiger partial charge in [0, 0.05) is 13.1 Å². The Labute approximate surface area is 81.7 Å². The lowest BCUT2D eigenvalue weighted by Gasteiger charge is -2.25. The molecule has 0 radical (unpaired) electrons. The predicted octanol–water partition coefficient (Wildman–Crippen LogP) is -0.787. The largest absolute Gasteiger partial charge is 0.363 e. The number of carbonyl (C=O) groups is 1. The van der Waals surface area contributed by atoms with E-state index in [1.54, 1.807) is 4.57 Å². The van der Waals surface area contributed by atoms with Gasteiger partial charge in [-0.3, -0.25) is 9.69 Å². The highest BCUT2D eigenvalue weighted by Gasteiger charge is 2.21. The minimum absolute atomic E-state index is 0.274. The average Bonchev–Trinajstić information content (AvgIpc) is 2.59. The second kappa shape index (κ2) is 3.38. The van der Waals surface area contributed by atoms with Crippen LogP contribution in [0, 0.1) is 0 Å². The highest BCUT2D eigenvalue weighted by atomic mass is 16.1. The van der Waals surface area contributed by atoms with Crippen molar-refractivity contribution in [1.29, 1.82) is 0 Å². The van der Waals surface area contributed by atoms with Crippen molar-refractivity contribution in [2.24, 2.45) is 5.73 Å². The number of nitrogens with zero attached hydrogens (tertiary/aromatic N) is 4. The number of primary amides is 1. The second-order valence-electron chi connectivity index (χ2n) is 3.32. The van der Waals surface area contributed by atoms with Gasteiger partial charge in [-0.05, 0) is 6.54 Å². The molecule has 0 aliphatic carbocycles. The Morgan fingerprint density at radius 2 is 2.29 bits per heavy atom. The fourth-order valence-electron chi connectivity index (χ4n) is 1.66. The van der Waals surface area contributed by atoms with E-state index in [1.807, 2.05) is 0 Å². The van der Waals surface area contributed by atoms with Gasteiger partial charge in [0.25, 0.3) is 5.91 Å². The Bertz CT molecular complexity index is 359. The molecule has 0 saturated carbocycles. The third-order valence-corrected chi connectivity index (χ3v) is 2.50. The zero-order chi connectivity index (χ0) is 10.1. The standard InChI is InChI=1S/C8H13N5O/c1-2-12-3-4-13-6(5-12)10-11-8(13)7(9)14/h2-5H2,1H3,(H2,9,14). The van der Waals surface area contributed by atoms with Gasteiger partial charge in [-0.1, -0.05) is 6.92 Å². The van der Waals surface area contributed by atoms with E-state index in [9.17, 15) is 4.79 Å². The molecule has 14 heavy (non-hydrogen) atoms. The van der Waals surface area contributed by atoms with Crippen LogP contribution in [0.5, 0.6) is 0 Å². The van der Waals surface area contributed by atoms with Crippen LogP contribution in [0.25, 0.3) is 0 Å². The van der Waals surface area contributed by atoms with Crippen molar-refractivity contribution in [1.82, 2.24) is 19.7 Å². The molecule has 6 heteroatoms. The van der Waals surface area contributed by atoms with Gasteiger partial charge in [-0.25, -0.2) is 0 Å². The summed E-state index contributed by atoms with van der Waals surface area (Å²) in [5, 5.41) is 7.72. The molecular formula is C8H13N5O. The summed E-state index contributed by atoms with van der Waals surface area (Å²) in [6, 6.07) is 0. The maximum atomic E-state index is 11.0. The van der Waals surface area contributed by atoms with E-state index >= 15 is 0 Å². The van der Waals surface area contributed by atoms with Gasteiger partial charge in [0.2, 0.25) is 5.82 Å². The lowest BCUT2D eigenvalue weighted by Crippen LogP contribution is -2.35. The van der Waals surface area contributed by atoms with Gasteiger partial charge in [0.1, 0.15) is 5.82 Å². The van der Waals surface area contributed by atoms with Crippen LogP contribution in [0.3, 0.4) is 0 Å². The molecule has 0 aromatic carbocycles. The fraction of sp³-hybridized carbons (Fsp3) is 0.625. The third kappa shape index (κ3) is 1.37. The van der Waals surface area contributed by atoms with Crippen molar-refractivity contribution in [2.45, 2.75) is 20.0 Å². The summed E-state index contributed by atoms with van der Waals surface area (Å²) >= 11 is 0. The molecule has 1 amide bonds. The third-order valence-electron chi connectivity index (χ3n) is 2.50. The van der Waals surface area contributed by atoms with Crippen LogP contribution < -0.4 is 5.73 Å². The number of carbonyl (C=O) groups excluding carboxylic acids is 1. The van der Waals surface area contributed by atoms with Crippen LogP contribution >= 0.6 is 0 Å². The number of likely N-dealkylation sites (N-methyl/N-ethyl adjacent to an activating group) is 1. The summed E-state index contributed by atoms with van der Waals surface area (Å²) in [6.45, 7) is 5.49. The molecular weight excluding hydrogens is 182 g/mol. The molecule has 0 atom stereocenters. The van der Waals surface area contributed by atoms with Gasteiger partial charge >= 0.3 is 0 Å². The number of hydrogen-bond donors (Lipinski definition) is 1. The SMILES string of the molecule is CCN1CCn2c(nnc2C(N)=O)C1. The van der Waals surface area contributed by atoms with E-state index in [0.717, 1.165) is 32.0 Å². The van der Waals surface area contributed by atoms with E-state index in [4.69, 9.17) is 5.73 Å². The first-order valence-electron chi connectivity index (χ1n) is 4.66. The van der Waals surface area contributed by atoms with Crippen molar-refractivity contribution >= 4 is 5.91 Å². The molecule has 2 rings (SSSR count). The maximum Gasteiger partial charge on any atom is 0.286 e. The molecule has 6 nitrogen and oxygen atoms in total. The van der Waals surface area contributed by atoms with Crippen molar-refractivity contribution in [3.8, 4) is 0 Å². The number of fused-ring (bicyclic) bond motifs is 1. The molecule has 1 aliphatic heterocycles. The van der Waals surface area contributed by atoms with E-state index in [0.29, 0.717) is 0 Å². The second-order valence-corrected chi connectivity index (χ2v) is 3.32. The van der Waals surface area contributed by atoms with Crippen LogP contribution in [0.4, 0.5) is 0 Å². The summed E-state index contributed by atoms with van der Waals surface area (Å²) < 4.78 is 1.80. The maximum absolute atomic E-state index is 11.0. The highest BCUT2D eigenvalue weighted by Crippen LogP contribution is 2.11. The van der Waals surface area contributed by atoms with Gasteiger partial charge in [-0.15, -0.1) is 10.2 Å². The van der Waals surface area contributed by atoms with E-state index in [-0.39, 0.29) is 5.82 Å². The first-order chi connectivity index (χ1) is 6.72. The highest BCUT2D eigenvalue weighted by molar-refractivity contribution is 5.89. The van der Waals surface area contributed by atoms with Crippen LogP contribution in [-0.4, -0.2) is 38.7 Å². The molecule has 0 spiro atoms. The average molecular weight is 195 g/mol. The Kier molecular flexibility index (Phi) is 2.20. The number of aromatic nitrogens is 3. The van der Waals surface area contributed by atoms with Crippen molar-refractivity contribution in [3.63, 3.8) is 0 Å². The predicted molar refractivity (Wildman–Crippen MR) is 49.5 cm³/mol. The first kappa shape index (κ1) is 9.14. The minimum Gasteiger partial charge on any atom is -0.363 e. The minimum atomic E-state index is -0.506. The first-order valence-corrected chi connectivity index (χ1v) is 4.66. The van der Waals surface area contributed by atoms with Gasteiger partial charge in [0.05, 0.1) is 6.54 Å². The van der Waals surface area contributed by atoms with Gasteiger partial charge < -0.3 is 10.3 Å². The number of nitrogens with two attached hydrogens (primary N) is 1. The van der Waals surface area contributed by atoms with Crippen LogP contribution in [0.15, 0.2) is 0 Å². The van der Waals surface area contributed by atoms with Crippen LogP contribution in [0.1, 0.15) is 23.4 Å². The quantitative estimate of drug-likeness (QED) is 0.671. The molecule has 76 valence electrons. The summed E-state index contributed by atoms with van der Waals surface area (Å²) in [7, 11) is 0. The van der Waals surface area contributed by atoms with Gasteiger partial charge in [-0.2, -0.15) is 0 Å². The van der Waals surface area contributed by atoms with Crippen molar-refractivity contribution < 1.29 is 4.79 Å². The lowest BCUT2D eigenvalue weighted by atomic mass is 10.3. The fourth-order valence-corrected chi connectivity index (χ4v) is 1.66. The van der Waals surface area contributed by atoms with Crippen molar-refractivity contribution in [2.75, 3.05) is 13.1 Å². The van der Waals surface area contributed by atoms with Crippen molar-refractivity contribution in [3.05, 3.63) is 11.6 Å². The van der Waals surface area contributed by atoms with Crippen LogP contribution in [-0.2, 0) is 13.1 Å². The Morgan fingerprint density at radius 1 is 1.50 bits per heavy atom. The molecule has 1 aromatic heterocycles. The molecule has 0 fully saturated rings. The number of rotatable bonds is 2. The van der Waals surface area contributed by atoms with E-state index in [2.05, 4.69) is 22.0 Å². The monoisotopic (exact) mass is 195 g/mol. The van der Waals surface area contributed by atoms with E-state index < -0.39 is 5.91 Å². The lowest BCUT2D eigenvalue weighted by molar-refractivity contribution is 0.0982. The topological polar surface area (TPSA) is 77.0 Å². The summed E-state index contributed by atoms with van der Waals surface area (Å²) in [5.74, 6) is 0.594. The number of amides is 1. The molecule has 1 aliphatic rings. The molecule has 0 unspecified atom stereocenters. The summed E-state index contributed by atoms with van der Waals surface area (Å²) in [6.07, 6.45) is 0.